The fourth-order valence-electron chi connectivity index (χ4n) is 6.89. The predicted octanol–water partition coefficient (Wildman–Crippen LogP) is 17.4. The highest BCUT2D eigenvalue weighted by Gasteiger charge is 2.19. The van der Waals surface area contributed by atoms with E-state index in [0.29, 0.717) is 19.3 Å². The van der Waals surface area contributed by atoms with Crippen molar-refractivity contribution in [3.8, 4) is 0 Å². The normalized spacial score (nSPS) is 12.9. The van der Waals surface area contributed by atoms with E-state index in [1.165, 1.54) is 70.6 Å². The largest absolute Gasteiger partial charge is 0.462 e. The van der Waals surface area contributed by atoms with Crippen molar-refractivity contribution in [2.45, 2.75) is 239 Å². The zero-order valence-corrected chi connectivity index (χ0v) is 41.5. The molecule has 0 heterocycles. The molecule has 0 aromatic rings. The molecule has 0 aromatic heterocycles. The highest BCUT2D eigenvalue weighted by molar-refractivity contribution is 5.71. The van der Waals surface area contributed by atoms with Crippen molar-refractivity contribution in [2.24, 2.45) is 0 Å². The molecule has 1 atom stereocenters. The monoisotopic (exact) mass is 889 g/mol. The van der Waals surface area contributed by atoms with Crippen LogP contribution < -0.4 is 0 Å². The number of hydrogen-bond donors (Lipinski definition) is 0. The number of rotatable bonds is 46. The van der Waals surface area contributed by atoms with Gasteiger partial charge >= 0.3 is 17.9 Å². The Bertz CT molecular complexity index is 1300. The molecule has 0 saturated carbocycles. The van der Waals surface area contributed by atoms with Gasteiger partial charge in [-0.25, -0.2) is 0 Å². The minimum Gasteiger partial charge on any atom is -0.462 e. The van der Waals surface area contributed by atoms with Crippen LogP contribution in [0.4, 0.5) is 0 Å². The topological polar surface area (TPSA) is 78.9 Å². The summed E-state index contributed by atoms with van der Waals surface area (Å²) in [5, 5.41) is 0. The Morgan fingerprint density at radius 2 is 0.609 bits per heavy atom. The van der Waals surface area contributed by atoms with Crippen LogP contribution in [0.3, 0.4) is 0 Å². The van der Waals surface area contributed by atoms with Crippen LogP contribution >= 0.6 is 0 Å². The van der Waals surface area contributed by atoms with Crippen molar-refractivity contribution in [3.63, 3.8) is 0 Å². The standard InChI is InChI=1S/C58H96O6/c1-4-7-10-13-16-19-21-23-24-25-26-27-28-29-30-31-32-33-34-36-37-39-42-45-48-51-57(60)63-54-55(53-62-56(59)50-47-44-41-18-15-12-9-6-3)64-58(61)52-49-46-43-40-38-35-22-20-17-14-11-8-5-2/h7,10,16,19-20,22-24,26-27,29-30,32-33,36-37,55H,4-6,8-9,11-15,17-18,21,25,28,31,34-35,38-54H2,1-3H3/b10-7-,19-16-,22-20-,24-23-,27-26-,30-29-,33-32-,37-36-. The highest BCUT2D eigenvalue weighted by Crippen LogP contribution is 2.13. The zero-order valence-electron chi connectivity index (χ0n) is 41.5. The van der Waals surface area contributed by atoms with Gasteiger partial charge in [0.05, 0.1) is 0 Å². The SMILES string of the molecule is CC/C=C\C/C=C\C/C=C\C/C=C\C/C=C\C/C=C\C/C=C\CCCCCC(=O)OCC(COC(=O)CCCCCCCCCC)OC(=O)CCCCCCC/C=C\CCCCCC. The first-order valence-electron chi connectivity index (χ1n) is 26.2. The number of carbonyl (C=O) groups excluding carboxylic acids is 3. The molecule has 0 aliphatic rings. The number of unbranched alkanes of at least 4 members (excludes halogenated alkanes) is 19. The molecule has 0 aliphatic heterocycles. The molecule has 0 saturated heterocycles. The lowest BCUT2D eigenvalue weighted by Gasteiger charge is -2.18. The molecule has 0 rings (SSSR count). The average Bonchev–Trinajstić information content (AvgIpc) is 3.29. The Kier molecular flexibility index (Phi) is 49.0. The van der Waals surface area contributed by atoms with Crippen molar-refractivity contribution < 1.29 is 28.6 Å². The fraction of sp³-hybridized carbons (Fsp3) is 0.672. The van der Waals surface area contributed by atoms with E-state index < -0.39 is 6.10 Å². The molecule has 364 valence electrons. The van der Waals surface area contributed by atoms with E-state index in [4.69, 9.17) is 14.2 Å². The molecular formula is C58H96O6. The van der Waals surface area contributed by atoms with Crippen molar-refractivity contribution in [1.29, 1.82) is 0 Å². The van der Waals surface area contributed by atoms with Gasteiger partial charge in [-0.2, -0.15) is 0 Å². The summed E-state index contributed by atoms with van der Waals surface area (Å²) < 4.78 is 16.7. The van der Waals surface area contributed by atoms with Crippen molar-refractivity contribution in [1.82, 2.24) is 0 Å². The molecule has 0 aliphatic carbocycles. The summed E-state index contributed by atoms with van der Waals surface area (Å²) in [6, 6.07) is 0. The van der Waals surface area contributed by atoms with Gasteiger partial charge in [0.15, 0.2) is 6.10 Å². The maximum atomic E-state index is 12.7. The second-order valence-electron chi connectivity index (χ2n) is 17.1. The van der Waals surface area contributed by atoms with Crippen LogP contribution in [0, 0.1) is 0 Å². The average molecular weight is 889 g/mol. The van der Waals surface area contributed by atoms with Crippen LogP contribution in [0.5, 0.6) is 0 Å². The highest BCUT2D eigenvalue weighted by atomic mass is 16.6. The lowest BCUT2D eigenvalue weighted by atomic mass is 10.1. The summed E-state index contributed by atoms with van der Waals surface area (Å²) in [6.45, 7) is 6.43. The molecule has 0 fully saturated rings. The summed E-state index contributed by atoms with van der Waals surface area (Å²) in [5.41, 5.74) is 0. The van der Waals surface area contributed by atoms with Gasteiger partial charge in [-0.05, 0) is 103 Å². The first kappa shape index (κ1) is 60.3. The van der Waals surface area contributed by atoms with Crippen LogP contribution in [0.25, 0.3) is 0 Å². The summed E-state index contributed by atoms with van der Waals surface area (Å²) >= 11 is 0. The number of esters is 3. The van der Waals surface area contributed by atoms with Crippen LogP contribution in [0.1, 0.15) is 233 Å². The van der Waals surface area contributed by atoms with E-state index in [2.05, 4.69) is 118 Å². The third kappa shape index (κ3) is 49.3. The van der Waals surface area contributed by atoms with Gasteiger partial charge in [0.25, 0.3) is 0 Å². The molecule has 0 spiro atoms. The van der Waals surface area contributed by atoms with Crippen LogP contribution in [-0.2, 0) is 28.6 Å². The lowest BCUT2D eigenvalue weighted by molar-refractivity contribution is -0.167. The minimum atomic E-state index is -0.793. The van der Waals surface area contributed by atoms with Crippen LogP contribution in [-0.4, -0.2) is 37.2 Å². The second kappa shape index (κ2) is 52.0. The summed E-state index contributed by atoms with van der Waals surface area (Å²) in [4.78, 5) is 37.8. The number of hydrogen-bond acceptors (Lipinski definition) is 6. The molecule has 6 nitrogen and oxygen atoms in total. The molecule has 6 heteroatoms. The Morgan fingerprint density at radius 1 is 0.328 bits per heavy atom. The van der Waals surface area contributed by atoms with Gasteiger partial charge in [0, 0.05) is 19.3 Å². The summed E-state index contributed by atoms with van der Waals surface area (Å²) in [6.07, 6.45) is 68.3. The van der Waals surface area contributed by atoms with Gasteiger partial charge in [-0.3, -0.25) is 14.4 Å². The maximum absolute atomic E-state index is 12.7. The lowest BCUT2D eigenvalue weighted by Crippen LogP contribution is -2.30. The Labute approximate surface area is 394 Å². The van der Waals surface area contributed by atoms with Gasteiger partial charge in [-0.1, -0.05) is 208 Å². The smallest absolute Gasteiger partial charge is 0.306 e. The molecule has 64 heavy (non-hydrogen) atoms. The van der Waals surface area contributed by atoms with Crippen LogP contribution in [0.2, 0.25) is 0 Å². The molecule has 0 N–H and O–H groups in total. The van der Waals surface area contributed by atoms with E-state index in [1.54, 1.807) is 0 Å². The van der Waals surface area contributed by atoms with E-state index in [9.17, 15) is 14.4 Å². The zero-order chi connectivity index (χ0) is 46.5. The maximum Gasteiger partial charge on any atom is 0.306 e. The summed E-state index contributed by atoms with van der Waals surface area (Å²) in [5.74, 6) is -0.943. The van der Waals surface area contributed by atoms with E-state index in [-0.39, 0.29) is 31.1 Å². The number of carbonyl (C=O) groups is 3. The van der Waals surface area contributed by atoms with Gasteiger partial charge in [0.2, 0.25) is 0 Å². The fourth-order valence-corrected chi connectivity index (χ4v) is 6.89. The van der Waals surface area contributed by atoms with Crippen LogP contribution in [0.15, 0.2) is 97.2 Å². The third-order valence-corrected chi connectivity index (χ3v) is 10.8. The predicted molar refractivity (Wildman–Crippen MR) is 274 cm³/mol. The molecule has 0 radical (unpaired) electrons. The molecule has 0 amide bonds. The quantitative estimate of drug-likeness (QED) is 0.0262. The molecule has 1 unspecified atom stereocenters. The van der Waals surface area contributed by atoms with Crippen molar-refractivity contribution in [3.05, 3.63) is 97.2 Å². The van der Waals surface area contributed by atoms with Gasteiger partial charge < -0.3 is 14.2 Å². The Hall–Kier alpha value is -3.67. The van der Waals surface area contributed by atoms with Crippen molar-refractivity contribution in [2.75, 3.05) is 13.2 Å². The Morgan fingerprint density at radius 3 is 1.00 bits per heavy atom. The number of ether oxygens (including phenoxy) is 3. The minimum absolute atomic E-state index is 0.0914. The van der Waals surface area contributed by atoms with E-state index >= 15 is 0 Å². The molecular weight excluding hydrogens is 793 g/mol. The van der Waals surface area contributed by atoms with E-state index in [0.717, 1.165) is 122 Å². The molecule has 0 aromatic carbocycles. The Balaban J connectivity index is 4.33. The van der Waals surface area contributed by atoms with Gasteiger partial charge in [0.1, 0.15) is 13.2 Å². The second-order valence-corrected chi connectivity index (χ2v) is 17.1. The van der Waals surface area contributed by atoms with Crippen molar-refractivity contribution >= 4 is 17.9 Å². The molecule has 0 bridgehead atoms. The summed E-state index contributed by atoms with van der Waals surface area (Å²) in [7, 11) is 0. The first-order valence-corrected chi connectivity index (χ1v) is 26.2. The third-order valence-electron chi connectivity index (χ3n) is 10.8. The van der Waals surface area contributed by atoms with Gasteiger partial charge in [-0.15, -0.1) is 0 Å². The number of allylic oxidation sites excluding steroid dienone is 16. The first-order chi connectivity index (χ1) is 31.5. The van der Waals surface area contributed by atoms with E-state index in [1.807, 2.05) is 0 Å².